The van der Waals surface area contributed by atoms with Gasteiger partial charge in [-0.1, -0.05) is 23.2 Å². The molecular weight excluding hydrogens is 379 g/mol. The first-order chi connectivity index (χ1) is 12.6. The van der Waals surface area contributed by atoms with E-state index in [1.54, 1.807) is 41.1 Å². The average molecular weight is 393 g/mol. The Morgan fingerprint density at radius 2 is 2.04 bits per heavy atom. The molecular formula is C18H14Cl2N2O4. The molecule has 0 saturated carbocycles. The van der Waals surface area contributed by atoms with Crippen molar-refractivity contribution in [1.82, 2.24) is 9.38 Å². The number of fused-ring (bicyclic) bond motifs is 2. The second-order valence-corrected chi connectivity index (χ2v) is 6.63. The van der Waals surface area contributed by atoms with Gasteiger partial charge in [-0.3, -0.25) is 4.79 Å². The number of pyridine rings is 1. The molecule has 0 N–H and O–H groups in total. The van der Waals surface area contributed by atoms with Crippen LogP contribution in [-0.2, 0) is 22.6 Å². The molecule has 0 atom stereocenters. The van der Waals surface area contributed by atoms with Gasteiger partial charge in [-0.25, -0.2) is 4.98 Å². The van der Waals surface area contributed by atoms with Crippen molar-refractivity contribution in [1.29, 1.82) is 0 Å². The van der Waals surface area contributed by atoms with Gasteiger partial charge >= 0.3 is 5.97 Å². The van der Waals surface area contributed by atoms with Crippen molar-refractivity contribution in [2.75, 3.05) is 13.2 Å². The number of halogens is 2. The summed E-state index contributed by atoms with van der Waals surface area (Å²) in [5.74, 6) is 0.676. The topological polar surface area (TPSA) is 62.1 Å². The van der Waals surface area contributed by atoms with E-state index >= 15 is 0 Å². The molecule has 0 unspecified atom stereocenters. The summed E-state index contributed by atoms with van der Waals surface area (Å²) in [6, 6.07) is 6.98. The molecule has 1 aliphatic heterocycles. The highest BCUT2D eigenvalue weighted by Crippen LogP contribution is 2.38. The van der Waals surface area contributed by atoms with Gasteiger partial charge in [0.15, 0.2) is 11.5 Å². The smallest absolute Gasteiger partial charge is 0.310 e. The van der Waals surface area contributed by atoms with Crippen molar-refractivity contribution < 1.29 is 19.0 Å². The first-order valence-corrected chi connectivity index (χ1v) is 8.71. The van der Waals surface area contributed by atoms with Crippen LogP contribution in [0.2, 0.25) is 10.0 Å². The fourth-order valence-electron chi connectivity index (χ4n) is 2.73. The van der Waals surface area contributed by atoms with Crippen molar-refractivity contribution in [3.8, 4) is 11.5 Å². The highest BCUT2D eigenvalue weighted by atomic mass is 35.5. The first-order valence-electron chi connectivity index (χ1n) is 7.95. The lowest BCUT2D eigenvalue weighted by molar-refractivity contribution is -0.144. The zero-order valence-corrected chi connectivity index (χ0v) is 15.1. The molecule has 3 aromatic rings. The van der Waals surface area contributed by atoms with E-state index in [9.17, 15) is 4.79 Å². The number of benzene rings is 1. The fraction of sp³-hybridized carbons (Fsp3) is 0.222. The van der Waals surface area contributed by atoms with Crippen LogP contribution < -0.4 is 9.47 Å². The van der Waals surface area contributed by atoms with Crippen LogP contribution in [-0.4, -0.2) is 28.6 Å². The lowest BCUT2D eigenvalue weighted by Gasteiger charge is -2.20. The maximum atomic E-state index is 12.1. The van der Waals surface area contributed by atoms with Gasteiger partial charge in [0.25, 0.3) is 0 Å². The van der Waals surface area contributed by atoms with Crippen LogP contribution in [0.3, 0.4) is 0 Å². The maximum Gasteiger partial charge on any atom is 0.310 e. The number of aromatic nitrogens is 2. The summed E-state index contributed by atoms with van der Waals surface area (Å²) < 4.78 is 18.1. The quantitative estimate of drug-likeness (QED) is 0.633. The SMILES string of the molecule is O=C(Cc1cc(Cl)c2c(c1)OCCO2)OCc1cn2cc(Cl)ccc2n1. The monoisotopic (exact) mass is 392 g/mol. The van der Waals surface area contributed by atoms with Crippen molar-refractivity contribution >= 4 is 34.8 Å². The van der Waals surface area contributed by atoms with Crippen molar-refractivity contribution in [3.63, 3.8) is 0 Å². The summed E-state index contributed by atoms with van der Waals surface area (Å²) in [5, 5.41) is 1.02. The minimum absolute atomic E-state index is 0.0789. The number of imidazole rings is 1. The number of esters is 1. The van der Waals surface area contributed by atoms with Crippen molar-refractivity contribution in [3.05, 3.63) is 58.0 Å². The molecule has 0 radical (unpaired) electrons. The van der Waals surface area contributed by atoms with Crippen LogP contribution in [0.5, 0.6) is 11.5 Å². The minimum Gasteiger partial charge on any atom is -0.486 e. The van der Waals surface area contributed by atoms with Gasteiger partial charge in [0.2, 0.25) is 0 Å². The van der Waals surface area contributed by atoms with Crippen LogP contribution in [0.15, 0.2) is 36.7 Å². The Bertz CT molecular complexity index is 987. The van der Waals surface area contributed by atoms with E-state index in [1.807, 2.05) is 0 Å². The van der Waals surface area contributed by atoms with E-state index in [0.29, 0.717) is 46.0 Å². The van der Waals surface area contributed by atoms with Gasteiger partial charge in [-0.05, 0) is 29.8 Å². The van der Waals surface area contributed by atoms with Crippen molar-refractivity contribution in [2.45, 2.75) is 13.0 Å². The summed E-state index contributed by atoms with van der Waals surface area (Å²) in [4.78, 5) is 16.5. The Hall–Kier alpha value is -2.44. The number of hydrogen-bond donors (Lipinski definition) is 0. The summed E-state index contributed by atoms with van der Waals surface area (Å²) >= 11 is 12.1. The summed E-state index contributed by atoms with van der Waals surface area (Å²) in [7, 11) is 0. The number of ether oxygens (including phenoxy) is 3. The molecule has 3 heterocycles. The second-order valence-electron chi connectivity index (χ2n) is 5.78. The number of carbonyl (C=O) groups is 1. The van der Waals surface area contributed by atoms with Gasteiger partial charge in [0.1, 0.15) is 25.5 Å². The Morgan fingerprint density at radius 3 is 2.92 bits per heavy atom. The third-order valence-corrected chi connectivity index (χ3v) is 4.36. The predicted octanol–water partition coefficient (Wildman–Crippen LogP) is 3.70. The molecule has 6 nitrogen and oxygen atoms in total. The van der Waals surface area contributed by atoms with E-state index in [2.05, 4.69) is 4.98 Å². The molecule has 1 aliphatic rings. The first kappa shape index (κ1) is 17.0. The molecule has 2 aromatic heterocycles. The molecule has 0 spiro atoms. The molecule has 26 heavy (non-hydrogen) atoms. The summed E-state index contributed by atoms with van der Waals surface area (Å²) in [5.41, 5.74) is 2.07. The molecule has 1 aromatic carbocycles. The van der Waals surface area contributed by atoms with Gasteiger partial charge in [-0.15, -0.1) is 0 Å². The predicted molar refractivity (Wildman–Crippen MR) is 96.1 cm³/mol. The largest absolute Gasteiger partial charge is 0.486 e. The molecule has 8 heteroatoms. The number of hydrogen-bond acceptors (Lipinski definition) is 5. The highest BCUT2D eigenvalue weighted by Gasteiger charge is 2.18. The molecule has 0 amide bonds. The average Bonchev–Trinajstić information content (AvgIpc) is 3.02. The summed E-state index contributed by atoms with van der Waals surface area (Å²) in [6.45, 7) is 0.990. The molecule has 4 rings (SSSR count). The van der Waals surface area contributed by atoms with Crippen LogP contribution in [0.25, 0.3) is 5.65 Å². The van der Waals surface area contributed by atoms with E-state index in [0.717, 1.165) is 5.65 Å². The Balaban J connectivity index is 1.41. The Morgan fingerprint density at radius 1 is 1.19 bits per heavy atom. The molecule has 134 valence electrons. The van der Waals surface area contributed by atoms with Crippen LogP contribution in [0.1, 0.15) is 11.3 Å². The normalized spacial score (nSPS) is 13.0. The third kappa shape index (κ3) is 3.57. The number of rotatable bonds is 4. The van der Waals surface area contributed by atoms with E-state index in [1.165, 1.54) is 0 Å². The Kier molecular flexibility index (Phi) is 4.61. The van der Waals surface area contributed by atoms with Crippen molar-refractivity contribution in [2.24, 2.45) is 0 Å². The number of carbonyl (C=O) groups excluding carboxylic acids is 1. The molecule has 0 fully saturated rings. The lowest BCUT2D eigenvalue weighted by atomic mass is 10.1. The maximum absolute atomic E-state index is 12.1. The van der Waals surface area contributed by atoms with Crippen LogP contribution in [0, 0.1) is 0 Å². The van der Waals surface area contributed by atoms with E-state index in [4.69, 9.17) is 37.4 Å². The second kappa shape index (κ2) is 7.05. The fourth-order valence-corrected chi connectivity index (χ4v) is 3.18. The van der Waals surface area contributed by atoms with E-state index < -0.39 is 0 Å². The Labute approximate surface area is 159 Å². The standard InChI is InChI=1S/C18H14Cl2N2O4/c19-12-1-2-16-21-13(9-22(16)8-12)10-26-17(23)7-11-5-14(20)18-15(6-11)24-3-4-25-18/h1-2,5-6,8-9H,3-4,7,10H2. The van der Waals surface area contributed by atoms with Gasteiger partial charge in [0.05, 0.1) is 22.2 Å². The van der Waals surface area contributed by atoms with Gasteiger partial charge in [-0.2, -0.15) is 0 Å². The number of nitrogens with zero attached hydrogens (tertiary/aromatic N) is 2. The summed E-state index contributed by atoms with van der Waals surface area (Å²) in [6.07, 6.45) is 3.59. The lowest BCUT2D eigenvalue weighted by Crippen LogP contribution is -2.16. The molecule has 0 aliphatic carbocycles. The zero-order chi connectivity index (χ0) is 18.1. The molecule has 0 saturated heterocycles. The zero-order valence-electron chi connectivity index (χ0n) is 13.6. The highest BCUT2D eigenvalue weighted by molar-refractivity contribution is 6.32. The van der Waals surface area contributed by atoms with Gasteiger partial charge < -0.3 is 18.6 Å². The molecule has 0 bridgehead atoms. The third-order valence-electron chi connectivity index (χ3n) is 3.85. The van der Waals surface area contributed by atoms with Crippen LogP contribution >= 0.6 is 23.2 Å². The van der Waals surface area contributed by atoms with Gasteiger partial charge in [0, 0.05) is 12.4 Å². The van der Waals surface area contributed by atoms with E-state index in [-0.39, 0.29) is 19.0 Å². The minimum atomic E-state index is -0.382. The van der Waals surface area contributed by atoms with Crippen LogP contribution in [0.4, 0.5) is 0 Å².